The summed E-state index contributed by atoms with van der Waals surface area (Å²) in [4.78, 5) is 0. The lowest BCUT2D eigenvalue weighted by molar-refractivity contribution is 0.112. The molecule has 1 aliphatic rings. The normalized spacial score (nSPS) is 34.2. The van der Waals surface area contributed by atoms with Gasteiger partial charge in [-0.2, -0.15) is 0 Å². The molecule has 0 amide bonds. The van der Waals surface area contributed by atoms with Crippen molar-refractivity contribution in [1.29, 1.82) is 0 Å². The van der Waals surface area contributed by atoms with E-state index in [1.807, 2.05) is 0 Å². The summed E-state index contributed by atoms with van der Waals surface area (Å²) in [6, 6.07) is 0. The van der Waals surface area contributed by atoms with Gasteiger partial charge < -0.3 is 4.74 Å². The van der Waals surface area contributed by atoms with E-state index in [0.29, 0.717) is 13.0 Å². The molecule has 0 aromatic heterocycles. The zero-order chi connectivity index (χ0) is 6.69. The minimum absolute atomic E-state index is 0.211. The first kappa shape index (κ1) is 6.64. The van der Waals surface area contributed by atoms with Crippen LogP contribution in [0, 0.1) is 25.2 Å². The molecule has 1 heterocycles. The molecule has 1 aliphatic heterocycles. The van der Waals surface area contributed by atoms with E-state index in [1.54, 1.807) is 0 Å². The Morgan fingerprint density at radius 2 is 2.44 bits per heavy atom. The third-order valence-corrected chi connectivity index (χ3v) is 1.46. The van der Waals surface area contributed by atoms with E-state index in [0.717, 1.165) is 6.42 Å². The van der Waals surface area contributed by atoms with Crippen LogP contribution >= 0.6 is 0 Å². The molecule has 1 rings (SSSR count). The fourth-order valence-electron chi connectivity index (χ4n) is 1.01. The molecule has 0 bridgehead atoms. The van der Waals surface area contributed by atoms with Crippen LogP contribution in [0.15, 0.2) is 0 Å². The summed E-state index contributed by atoms with van der Waals surface area (Å²) in [6.07, 6.45) is 6.93. The first-order chi connectivity index (χ1) is 4.33. The third kappa shape index (κ3) is 1.73. The highest BCUT2D eigenvalue weighted by molar-refractivity contribution is 4.90. The summed E-state index contributed by atoms with van der Waals surface area (Å²) in [5, 5.41) is 0. The van der Waals surface area contributed by atoms with Gasteiger partial charge in [-0.1, -0.05) is 0 Å². The van der Waals surface area contributed by atoms with E-state index in [-0.39, 0.29) is 12.0 Å². The first-order valence-electron chi connectivity index (χ1n) is 3.13. The largest absolute Gasteiger partial charge is 0.377 e. The highest BCUT2D eigenvalue weighted by Gasteiger charge is 2.20. The molecule has 0 aromatic carbocycles. The summed E-state index contributed by atoms with van der Waals surface area (Å²) >= 11 is 0. The molecule has 0 spiro atoms. The topological polar surface area (TPSA) is 9.23 Å². The maximum Gasteiger partial charge on any atom is 0.0687 e. The van der Waals surface area contributed by atoms with Crippen molar-refractivity contribution in [2.45, 2.75) is 18.9 Å². The highest BCUT2D eigenvalue weighted by Crippen LogP contribution is 2.19. The van der Waals surface area contributed by atoms with E-state index >= 15 is 0 Å². The van der Waals surface area contributed by atoms with Crippen molar-refractivity contribution in [1.82, 2.24) is 0 Å². The van der Waals surface area contributed by atoms with Crippen molar-refractivity contribution in [2.75, 3.05) is 6.61 Å². The van der Waals surface area contributed by atoms with Crippen molar-refractivity contribution in [3.8, 4) is 12.3 Å². The first-order valence-corrected chi connectivity index (χ1v) is 3.13. The van der Waals surface area contributed by atoms with Crippen LogP contribution in [0.5, 0.6) is 0 Å². The number of rotatable bonds is 1. The van der Waals surface area contributed by atoms with Gasteiger partial charge in [-0.25, -0.2) is 0 Å². The molecule has 48 valence electrons. The Kier molecular flexibility index (Phi) is 2.13. The molecule has 2 atom stereocenters. The summed E-state index contributed by atoms with van der Waals surface area (Å²) in [5.74, 6) is 2.76. The molecule has 0 aromatic rings. The maximum atomic E-state index is 5.56. The lowest BCUT2D eigenvalue weighted by Crippen LogP contribution is -2.02. The van der Waals surface area contributed by atoms with Crippen LogP contribution in [0.4, 0.5) is 0 Å². The van der Waals surface area contributed by atoms with E-state index in [4.69, 9.17) is 18.1 Å². The Balaban J connectivity index is 2.24. The molecule has 1 fully saturated rings. The number of terminal acetylenes is 1. The van der Waals surface area contributed by atoms with Gasteiger partial charge in [-0.3, -0.25) is 0 Å². The molecule has 1 heteroatoms. The number of hydrogen-bond donors (Lipinski definition) is 0. The summed E-state index contributed by atoms with van der Waals surface area (Å²) in [7, 11) is 0. The lowest BCUT2D eigenvalue weighted by atomic mass is 10.1. The zero-order valence-electron chi connectivity index (χ0n) is 5.34. The highest BCUT2D eigenvalue weighted by atomic mass is 16.5. The molecule has 9 heavy (non-hydrogen) atoms. The minimum atomic E-state index is 0.211. The SMILES string of the molecule is [CH]C1COC(CC#C)C1. The Morgan fingerprint density at radius 3 is 2.89 bits per heavy atom. The van der Waals surface area contributed by atoms with Crippen molar-refractivity contribution in [3.05, 3.63) is 6.92 Å². The molecule has 0 aliphatic carbocycles. The molecule has 0 N–H and O–H groups in total. The summed E-state index contributed by atoms with van der Waals surface area (Å²) in [6.45, 7) is 6.23. The molecular formula is C8H10O. The molecule has 1 saturated heterocycles. The van der Waals surface area contributed by atoms with Crippen LogP contribution in [0.3, 0.4) is 0 Å². The third-order valence-electron chi connectivity index (χ3n) is 1.46. The average molecular weight is 122 g/mol. The van der Waals surface area contributed by atoms with Crippen LogP contribution in [0.1, 0.15) is 12.8 Å². The van der Waals surface area contributed by atoms with Crippen LogP contribution in [-0.2, 0) is 4.74 Å². The van der Waals surface area contributed by atoms with E-state index in [1.165, 1.54) is 0 Å². The summed E-state index contributed by atoms with van der Waals surface area (Å²) < 4.78 is 5.24. The van der Waals surface area contributed by atoms with Gasteiger partial charge in [-0.15, -0.1) is 12.3 Å². The van der Waals surface area contributed by atoms with Crippen LogP contribution < -0.4 is 0 Å². The van der Waals surface area contributed by atoms with Gasteiger partial charge in [0.15, 0.2) is 0 Å². The van der Waals surface area contributed by atoms with Crippen molar-refractivity contribution in [2.24, 2.45) is 5.92 Å². The van der Waals surface area contributed by atoms with Crippen LogP contribution in [0.2, 0.25) is 0 Å². The average Bonchev–Trinajstić information content (AvgIpc) is 2.17. The smallest absolute Gasteiger partial charge is 0.0687 e. The number of ether oxygens (including phenoxy) is 1. The molecule has 0 saturated carbocycles. The fraction of sp³-hybridized carbons (Fsp3) is 0.625. The van der Waals surface area contributed by atoms with Gasteiger partial charge in [0.05, 0.1) is 12.7 Å². The van der Waals surface area contributed by atoms with Gasteiger partial charge >= 0.3 is 0 Å². The van der Waals surface area contributed by atoms with Crippen molar-refractivity contribution < 1.29 is 4.74 Å². The van der Waals surface area contributed by atoms with E-state index in [2.05, 4.69) is 5.92 Å². The second-order valence-electron chi connectivity index (χ2n) is 2.36. The van der Waals surface area contributed by atoms with Gasteiger partial charge in [0.2, 0.25) is 0 Å². The van der Waals surface area contributed by atoms with Crippen molar-refractivity contribution >= 4 is 0 Å². The van der Waals surface area contributed by atoms with Gasteiger partial charge in [0.25, 0.3) is 0 Å². The molecular weight excluding hydrogens is 112 g/mol. The predicted octanol–water partition coefficient (Wildman–Crippen LogP) is 1.13. The minimum Gasteiger partial charge on any atom is -0.377 e. The predicted molar refractivity (Wildman–Crippen MR) is 35.6 cm³/mol. The van der Waals surface area contributed by atoms with Crippen LogP contribution in [0.25, 0.3) is 0 Å². The van der Waals surface area contributed by atoms with Gasteiger partial charge in [-0.05, 0) is 19.3 Å². The van der Waals surface area contributed by atoms with Gasteiger partial charge in [0.1, 0.15) is 0 Å². The second kappa shape index (κ2) is 2.89. The van der Waals surface area contributed by atoms with Gasteiger partial charge in [0, 0.05) is 6.42 Å². The van der Waals surface area contributed by atoms with Crippen LogP contribution in [-0.4, -0.2) is 12.7 Å². The maximum absolute atomic E-state index is 5.56. The molecule has 2 unspecified atom stereocenters. The lowest BCUT2D eigenvalue weighted by Gasteiger charge is -2.01. The zero-order valence-corrected chi connectivity index (χ0v) is 5.34. The fourth-order valence-corrected chi connectivity index (χ4v) is 1.01. The summed E-state index contributed by atoms with van der Waals surface area (Å²) in [5.41, 5.74) is 0. The Hall–Kier alpha value is -0.480. The Labute approximate surface area is 56.4 Å². The van der Waals surface area contributed by atoms with E-state index in [9.17, 15) is 0 Å². The Morgan fingerprint density at radius 1 is 1.67 bits per heavy atom. The molecule has 1 nitrogen and oxygen atoms in total. The standard InChI is InChI=1S/C8H10O/c1-3-4-8-5-7(2)6-9-8/h1-2,7-8H,4-6H2. The van der Waals surface area contributed by atoms with E-state index < -0.39 is 0 Å². The quantitative estimate of drug-likeness (QED) is 0.474. The molecule has 2 radical (unpaired) electrons. The van der Waals surface area contributed by atoms with Crippen molar-refractivity contribution in [3.63, 3.8) is 0 Å². The second-order valence-corrected chi connectivity index (χ2v) is 2.36. The number of hydrogen-bond acceptors (Lipinski definition) is 1. The monoisotopic (exact) mass is 122 g/mol. The Bertz CT molecular complexity index is 123.